The van der Waals surface area contributed by atoms with Gasteiger partial charge in [0.15, 0.2) is 0 Å². The largest absolute Gasteiger partial charge is 0.497 e. The smallest absolute Gasteiger partial charge is 0.232 e. The maximum Gasteiger partial charge on any atom is 0.232 e. The molecule has 21 heavy (non-hydrogen) atoms. The molecule has 0 saturated heterocycles. The van der Waals surface area contributed by atoms with E-state index in [0.29, 0.717) is 11.3 Å². The van der Waals surface area contributed by atoms with Crippen LogP contribution in [0.25, 0.3) is 0 Å². The third-order valence-corrected chi connectivity index (χ3v) is 4.11. The van der Waals surface area contributed by atoms with Gasteiger partial charge < -0.3 is 4.74 Å². The molecule has 0 radical (unpaired) electrons. The van der Waals surface area contributed by atoms with Crippen LogP contribution in [0.3, 0.4) is 0 Å². The number of hydrogen-bond donors (Lipinski definition) is 0. The Bertz CT molecular complexity index is 731. The molecule has 0 amide bonds. The summed E-state index contributed by atoms with van der Waals surface area (Å²) in [6.45, 7) is 0.0387. The summed E-state index contributed by atoms with van der Waals surface area (Å²) in [6.07, 6.45) is 1.06. The van der Waals surface area contributed by atoms with Crippen LogP contribution in [-0.2, 0) is 16.6 Å². The van der Waals surface area contributed by atoms with Gasteiger partial charge in [-0.3, -0.25) is 4.31 Å². The van der Waals surface area contributed by atoms with Crippen LogP contribution in [0.1, 0.15) is 5.56 Å². The van der Waals surface area contributed by atoms with Crippen molar-refractivity contribution in [3.63, 3.8) is 0 Å². The van der Waals surface area contributed by atoms with E-state index in [2.05, 4.69) is 0 Å². The molecule has 0 aliphatic carbocycles. The van der Waals surface area contributed by atoms with Crippen molar-refractivity contribution in [3.8, 4) is 5.75 Å². The standard InChI is InChI=1S/C15H16FNO3S/c1-20-13-7-5-6-12(10-13)11-17(21(2,18)19)15-9-4-3-8-14(15)16/h3-10H,11H2,1-2H3. The zero-order valence-corrected chi connectivity index (χ0v) is 12.6. The van der Waals surface area contributed by atoms with Crippen LogP contribution in [0.4, 0.5) is 10.1 Å². The lowest BCUT2D eigenvalue weighted by Gasteiger charge is -2.23. The summed E-state index contributed by atoms with van der Waals surface area (Å²) in [5, 5.41) is 0. The highest BCUT2D eigenvalue weighted by molar-refractivity contribution is 7.92. The molecular formula is C15H16FNO3S. The van der Waals surface area contributed by atoms with Gasteiger partial charge in [0, 0.05) is 0 Å². The first-order valence-electron chi connectivity index (χ1n) is 6.27. The third kappa shape index (κ3) is 3.72. The molecule has 112 valence electrons. The number of sulfonamides is 1. The molecule has 0 bridgehead atoms. The van der Waals surface area contributed by atoms with E-state index in [9.17, 15) is 12.8 Å². The molecule has 2 rings (SSSR count). The van der Waals surface area contributed by atoms with Crippen molar-refractivity contribution >= 4 is 15.7 Å². The van der Waals surface area contributed by atoms with Crippen molar-refractivity contribution < 1.29 is 17.5 Å². The van der Waals surface area contributed by atoms with Crippen LogP contribution in [0.15, 0.2) is 48.5 Å². The number of halogens is 1. The number of ether oxygens (including phenoxy) is 1. The normalized spacial score (nSPS) is 11.2. The van der Waals surface area contributed by atoms with E-state index < -0.39 is 15.8 Å². The molecule has 0 aliphatic heterocycles. The Balaban J connectivity index is 2.41. The van der Waals surface area contributed by atoms with Gasteiger partial charge in [0.2, 0.25) is 10.0 Å². The zero-order chi connectivity index (χ0) is 15.5. The van der Waals surface area contributed by atoms with Gasteiger partial charge in [0.25, 0.3) is 0 Å². The number of para-hydroxylation sites is 1. The number of nitrogens with zero attached hydrogens (tertiary/aromatic N) is 1. The summed E-state index contributed by atoms with van der Waals surface area (Å²) in [6, 6.07) is 12.8. The fourth-order valence-corrected chi connectivity index (χ4v) is 2.86. The molecule has 4 nitrogen and oxygen atoms in total. The first kappa shape index (κ1) is 15.3. The average molecular weight is 309 g/mol. The number of anilines is 1. The van der Waals surface area contributed by atoms with Gasteiger partial charge in [-0.2, -0.15) is 0 Å². The molecule has 2 aromatic rings. The lowest BCUT2D eigenvalue weighted by atomic mass is 10.2. The lowest BCUT2D eigenvalue weighted by Crippen LogP contribution is -2.30. The Hall–Kier alpha value is -2.08. The predicted octanol–water partition coefficient (Wildman–Crippen LogP) is 2.80. The van der Waals surface area contributed by atoms with Gasteiger partial charge in [0.1, 0.15) is 11.6 Å². The number of hydrogen-bond acceptors (Lipinski definition) is 3. The summed E-state index contributed by atoms with van der Waals surface area (Å²) in [7, 11) is -2.07. The Morgan fingerprint density at radius 3 is 2.48 bits per heavy atom. The van der Waals surface area contributed by atoms with Gasteiger partial charge in [-0.25, -0.2) is 12.8 Å². The minimum absolute atomic E-state index is 0.0304. The molecule has 6 heteroatoms. The Morgan fingerprint density at radius 2 is 1.86 bits per heavy atom. The Labute approximate surface area is 123 Å². The summed E-state index contributed by atoms with van der Waals surface area (Å²) in [5.74, 6) is 0.0419. The van der Waals surface area contributed by atoms with Crippen LogP contribution in [0, 0.1) is 5.82 Å². The van der Waals surface area contributed by atoms with Crippen molar-refractivity contribution in [1.29, 1.82) is 0 Å². The van der Waals surface area contributed by atoms with Gasteiger partial charge in [-0.05, 0) is 29.8 Å². The van der Waals surface area contributed by atoms with E-state index in [1.54, 1.807) is 30.3 Å². The first-order valence-corrected chi connectivity index (χ1v) is 8.12. The minimum atomic E-state index is -3.61. The third-order valence-electron chi connectivity index (χ3n) is 2.98. The van der Waals surface area contributed by atoms with Gasteiger partial charge in [0.05, 0.1) is 25.6 Å². The highest BCUT2D eigenvalue weighted by atomic mass is 32.2. The molecule has 0 atom stereocenters. The summed E-state index contributed by atoms with van der Waals surface area (Å²) in [4.78, 5) is 0. The predicted molar refractivity (Wildman–Crippen MR) is 80.4 cm³/mol. The molecule has 0 aliphatic rings. The number of benzene rings is 2. The zero-order valence-electron chi connectivity index (χ0n) is 11.8. The summed E-state index contributed by atoms with van der Waals surface area (Å²) >= 11 is 0. The molecule has 0 unspecified atom stereocenters. The van der Waals surface area contributed by atoms with Gasteiger partial charge >= 0.3 is 0 Å². The molecule has 0 spiro atoms. The van der Waals surface area contributed by atoms with E-state index in [4.69, 9.17) is 4.74 Å². The molecule has 0 saturated carbocycles. The molecule has 0 heterocycles. The number of rotatable bonds is 5. The maximum atomic E-state index is 13.9. The van der Waals surface area contributed by atoms with E-state index in [0.717, 1.165) is 10.6 Å². The average Bonchev–Trinajstić information content (AvgIpc) is 2.45. The van der Waals surface area contributed by atoms with Crippen molar-refractivity contribution in [2.75, 3.05) is 17.7 Å². The highest BCUT2D eigenvalue weighted by Gasteiger charge is 2.20. The minimum Gasteiger partial charge on any atom is -0.497 e. The second-order valence-corrected chi connectivity index (χ2v) is 6.48. The van der Waals surface area contributed by atoms with E-state index >= 15 is 0 Å². The Kier molecular flexibility index (Phi) is 4.47. The molecule has 0 N–H and O–H groups in total. The number of methoxy groups -OCH3 is 1. The van der Waals surface area contributed by atoms with Crippen LogP contribution < -0.4 is 9.04 Å². The quantitative estimate of drug-likeness (QED) is 0.853. The second-order valence-electron chi connectivity index (χ2n) is 4.57. The van der Waals surface area contributed by atoms with Crippen LogP contribution in [0.5, 0.6) is 5.75 Å². The Morgan fingerprint density at radius 1 is 1.14 bits per heavy atom. The van der Waals surface area contributed by atoms with Crippen LogP contribution >= 0.6 is 0 Å². The SMILES string of the molecule is COc1cccc(CN(c2ccccc2F)S(C)(=O)=O)c1. The maximum absolute atomic E-state index is 13.9. The van der Waals surface area contributed by atoms with Crippen LogP contribution in [0.2, 0.25) is 0 Å². The molecular weight excluding hydrogens is 293 g/mol. The molecule has 0 aromatic heterocycles. The lowest BCUT2D eigenvalue weighted by molar-refractivity contribution is 0.414. The van der Waals surface area contributed by atoms with Crippen molar-refractivity contribution in [3.05, 3.63) is 59.9 Å². The topological polar surface area (TPSA) is 46.6 Å². The fraction of sp³-hybridized carbons (Fsp3) is 0.200. The van der Waals surface area contributed by atoms with E-state index in [-0.39, 0.29) is 12.2 Å². The van der Waals surface area contributed by atoms with E-state index in [1.165, 1.54) is 25.3 Å². The van der Waals surface area contributed by atoms with Gasteiger partial charge in [-0.1, -0.05) is 24.3 Å². The monoisotopic (exact) mass is 309 g/mol. The van der Waals surface area contributed by atoms with Crippen LogP contribution in [-0.4, -0.2) is 21.8 Å². The summed E-state index contributed by atoms with van der Waals surface area (Å²) in [5.41, 5.74) is 0.742. The van der Waals surface area contributed by atoms with Crippen molar-refractivity contribution in [2.45, 2.75) is 6.54 Å². The van der Waals surface area contributed by atoms with Crippen molar-refractivity contribution in [2.24, 2.45) is 0 Å². The van der Waals surface area contributed by atoms with E-state index in [1.807, 2.05) is 0 Å². The summed E-state index contributed by atoms with van der Waals surface area (Å²) < 4.78 is 44.0. The second kappa shape index (κ2) is 6.13. The first-order chi connectivity index (χ1) is 9.91. The van der Waals surface area contributed by atoms with Crippen molar-refractivity contribution in [1.82, 2.24) is 0 Å². The highest BCUT2D eigenvalue weighted by Crippen LogP contribution is 2.24. The molecule has 2 aromatic carbocycles. The molecule has 0 fully saturated rings. The fourth-order valence-electron chi connectivity index (χ4n) is 1.97. The van der Waals surface area contributed by atoms with Gasteiger partial charge in [-0.15, -0.1) is 0 Å².